The Morgan fingerprint density at radius 3 is 2.76 bits per heavy atom. The van der Waals surface area contributed by atoms with Gasteiger partial charge in [0.1, 0.15) is 18.2 Å². The third-order valence-electron chi connectivity index (χ3n) is 3.27. The van der Waals surface area contributed by atoms with Crippen LogP contribution in [0.4, 0.5) is 14.9 Å². The third kappa shape index (κ3) is 5.74. The van der Waals surface area contributed by atoms with Crippen molar-refractivity contribution in [3.05, 3.63) is 59.4 Å². The van der Waals surface area contributed by atoms with Crippen molar-refractivity contribution >= 4 is 11.8 Å². The summed E-state index contributed by atoms with van der Waals surface area (Å²) in [5.41, 5.74) is 6.92. The Hall–Kier alpha value is -3.20. The number of hydrogen-bond acceptors (Lipinski definition) is 4. The van der Waals surface area contributed by atoms with Crippen molar-refractivity contribution in [3.8, 4) is 17.6 Å². The Morgan fingerprint density at radius 2 is 2.04 bits per heavy atom. The van der Waals surface area contributed by atoms with Crippen LogP contribution in [-0.2, 0) is 11.3 Å². The highest BCUT2D eigenvalue weighted by Gasteiger charge is 2.06. The molecule has 0 fully saturated rings. The summed E-state index contributed by atoms with van der Waals surface area (Å²) >= 11 is 0. The van der Waals surface area contributed by atoms with E-state index in [0.717, 1.165) is 5.56 Å². The molecule has 0 saturated heterocycles. The smallest absolute Gasteiger partial charge is 0.407 e. The molecule has 0 bridgehead atoms. The standard InChI is InChI=1S/C19H19FN2O3/c1-24-18-11-15(16(20)12-17(18)21)9-5-6-10-22-19(23)25-13-14-7-3-2-4-8-14/h2-4,7-8,11-12H,6,10,13,21H2,1H3,(H,22,23). The molecule has 0 radical (unpaired) electrons. The first-order chi connectivity index (χ1) is 12.1. The predicted molar refractivity (Wildman–Crippen MR) is 93.5 cm³/mol. The summed E-state index contributed by atoms with van der Waals surface area (Å²) in [6.45, 7) is 0.503. The summed E-state index contributed by atoms with van der Waals surface area (Å²) in [6.07, 6.45) is -0.168. The minimum Gasteiger partial charge on any atom is -0.495 e. The van der Waals surface area contributed by atoms with Gasteiger partial charge >= 0.3 is 6.09 Å². The molecule has 0 aliphatic rings. The topological polar surface area (TPSA) is 73.6 Å². The molecular weight excluding hydrogens is 323 g/mol. The number of alkyl carbamates (subject to hydrolysis) is 1. The highest BCUT2D eigenvalue weighted by atomic mass is 19.1. The van der Waals surface area contributed by atoms with Crippen molar-refractivity contribution in [2.75, 3.05) is 19.4 Å². The molecule has 0 aliphatic heterocycles. The number of carbonyl (C=O) groups is 1. The lowest BCUT2D eigenvalue weighted by Crippen LogP contribution is -2.24. The summed E-state index contributed by atoms with van der Waals surface area (Å²) in [5, 5.41) is 2.58. The molecule has 0 saturated carbocycles. The number of ether oxygens (including phenoxy) is 2. The number of hydrogen-bond donors (Lipinski definition) is 2. The van der Waals surface area contributed by atoms with E-state index in [1.807, 2.05) is 30.3 Å². The van der Waals surface area contributed by atoms with Gasteiger partial charge in [0.05, 0.1) is 18.4 Å². The van der Waals surface area contributed by atoms with Crippen LogP contribution in [0.15, 0.2) is 42.5 Å². The van der Waals surface area contributed by atoms with Crippen molar-refractivity contribution in [1.82, 2.24) is 5.32 Å². The average molecular weight is 342 g/mol. The number of amides is 1. The molecule has 0 spiro atoms. The molecule has 25 heavy (non-hydrogen) atoms. The maximum atomic E-state index is 13.7. The second-order valence-corrected chi connectivity index (χ2v) is 5.11. The van der Waals surface area contributed by atoms with Gasteiger partial charge in [0.2, 0.25) is 0 Å². The molecule has 0 aromatic heterocycles. The number of halogens is 1. The monoisotopic (exact) mass is 342 g/mol. The predicted octanol–water partition coefficient (Wildman–Crippen LogP) is 3.08. The number of nitrogens with two attached hydrogens (primary N) is 1. The molecule has 0 atom stereocenters. The van der Waals surface area contributed by atoms with E-state index in [0.29, 0.717) is 18.7 Å². The first-order valence-corrected chi connectivity index (χ1v) is 7.66. The minimum absolute atomic E-state index is 0.192. The summed E-state index contributed by atoms with van der Waals surface area (Å²) < 4.78 is 23.8. The Morgan fingerprint density at radius 1 is 1.28 bits per heavy atom. The zero-order chi connectivity index (χ0) is 18.1. The summed E-state index contributed by atoms with van der Waals surface area (Å²) in [5.74, 6) is 5.34. The molecule has 5 nitrogen and oxygen atoms in total. The van der Waals surface area contributed by atoms with Gasteiger partial charge in [-0.25, -0.2) is 9.18 Å². The van der Waals surface area contributed by atoms with Crippen LogP contribution in [0, 0.1) is 17.7 Å². The fourth-order valence-electron chi connectivity index (χ4n) is 2.00. The van der Waals surface area contributed by atoms with Crippen molar-refractivity contribution in [2.24, 2.45) is 0 Å². The fraction of sp³-hybridized carbons (Fsp3) is 0.211. The average Bonchev–Trinajstić information content (AvgIpc) is 2.62. The van der Waals surface area contributed by atoms with E-state index in [-0.39, 0.29) is 17.9 Å². The van der Waals surface area contributed by atoms with Crippen LogP contribution in [0.3, 0.4) is 0 Å². The van der Waals surface area contributed by atoms with Crippen LogP contribution < -0.4 is 15.8 Å². The van der Waals surface area contributed by atoms with Crippen LogP contribution in [0.2, 0.25) is 0 Å². The molecule has 0 unspecified atom stereocenters. The third-order valence-corrected chi connectivity index (χ3v) is 3.27. The lowest BCUT2D eigenvalue weighted by Gasteiger charge is -2.06. The second kappa shape index (κ2) is 9.18. The number of nitrogen functional groups attached to an aromatic ring is 1. The Labute approximate surface area is 145 Å². The summed E-state index contributed by atoms with van der Waals surface area (Å²) in [7, 11) is 1.45. The van der Waals surface area contributed by atoms with Gasteiger partial charge in [0.25, 0.3) is 0 Å². The molecule has 2 aromatic rings. The molecule has 3 N–H and O–H groups in total. The van der Waals surface area contributed by atoms with E-state index in [1.165, 1.54) is 19.2 Å². The van der Waals surface area contributed by atoms with Gasteiger partial charge in [-0.05, 0) is 5.56 Å². The second-order valence-electron chi connectivity index (χ2n) is 5.11. The molecule has 1 amide bonds. The maximum Gasteiger partial charge on any atom is 0.407 e. The van der Waals surface area contributed by atoms with Gasteiger partial charge in [0, 0.05) is 25.1 Å². The van der Waals surface area contributed by atoms with Gasteiger partial charge in [-0.2, -0.15) is 0 Å². The Balaban J connectivity index is 1.76. The van der Waals surface area contributed by atoms with Crippen molar-refractivity contribution in [2.45, 2.75) is 13.0 Å². The van der Waals surface area contributed by atoms with E-state index >= 15 is 0 Å². The number of anilines is 1. The molecule has 0 heterocycles. The molecule has 130 valence electrons. The van der Waals surface area contributed by atoms with Gasteiger partial charge < -0.3 is 20.5 Å². The number of carbonyl (C=O) groups excluding carboxylic acids is 1. The van der Waals surface area contributed by atoms with Gasteiger partial charge in [-0.3, -0.25) is 0 Å². The van der Waals surface area contributed by atoms with Gasteiger partial charge in [-0.15, -0.1) is 0 Å². The highest BCUT2D eigenvalue weighted by Crippen LogP contribution is 2.24. The van der Waals surface area contributed by atoms with E-state index in [2.05, 4.69) is 17.2 Å². The number of rotatable bonds is 5. The fourth-order valence-corrected chi connectivity index (χ4v) is 2.00. The van der Waals surface area contributed by atoms with Crippen molar-refractivity contribution < 1.29 is 18.7 Å². The lowest BCUT2D eigenvalue weighted by molar-refractivity contribution is 0.140. The Kier molecular flexibility index (Phi) is 6.66. The zero-order valence-corrected chi connectivity index (χ0v) is 13.8. The highest BCUT2D eigenvalue weighted by molar-refractivity contribution is 5.67. The maximum absolute atomic E-state index is 13.7. The summed E-state index contributed by atoms with van der Waals surface area (Å²) in [6, 6.07) is 12.0. The van der Waals surface area contributed by atoms with Crippen LogP contribution in [-0.4, -0.2) is 19.7 Å². The Bertz CT molecular complexity index is 782. The molecule has 0 aliphatic carbocycles. The quantitative estimate of drug-likeness (QED) is 0.497. The minimum atomic E-state index is -0.522. The van der Waals surface area contributed by atoms with Crippen molar-refractivity contribution in [3.63, 3.8) is 0 Å². The lowest BCUT2D eigenvalue weighted by atomic mass is 10.1. The number of nitrogens with one attached hydrogen (secondary N) is 1. The normalized spacial score (nSPS) is 9.68. The molecule has 2 aromatic carbocycles. The molecule has 6 heteroatoms. The number of benzene rings is 2. The van der Waals surface area contributed by atoms with Crippen LogP contribution in [0.5, 0.6) is 5.75 Å². The SMILES string of the molecule is COc1cc(C#CCCNC(=O)OCc2ccccc2)c(F)cc1N. The van der Waals surface area contributed by atoms with Gasteiger partial charge in [0.15, 0.2) is 0 Å². The molecule has 2 rings (SSSR count). The van der Waals surface area contributed by atoms with E-state index in [4.69, 9.17) is 15.2 Å². The van der Waals surface area contributed by atoms with Crippen LogP contribution >= 0.6 is 0 Å². The largest absolute Gasteiger partial charge is 0.495 e. The number of methoxy groups -OCH3 is 1. The summed E-state index contributed by atoms with van der Waals surface area (Å²) in [4.78, 5) is 11.6. The van der Waals surface area contributed by atoms with Crippen LogP contribution in [0.25, 0.3) is 0 Å². The first-order valence-electron chi connectivity index (χ1n) is 7.66. The zero-order valence-electron chi connectivity index (χ0n) is 13.8. The first kappa shape index (κ1) is 18.1. The van der Waals surface area contributed by atoms with Crippen molar-refractivity contribution in [1.29, 1.82) is 0 Å². The van der Waals surface area contributed by atoms with E-state index in [9.17, 15) is 9.18 Å². The van der Waals surface area contributed by atoms with E-state index in [1.54, 1.807) is 0 Å². The van der Waals surface area contributed by atoms with Crippen LogP contribution in [0.1, 0.15) is 17.5 Å². The van der Waals surface area contributed by atoms with Gasteiger partial charge in [-0.1, -0.05) is 42.2 Å². The molecular formula is C19H19FN2O3. The van der Waals surface area contributed by atoms with E-state index < -0.39 is 11.9 Å².